The van der Waals surface area contributed by atoms with Crippen LogP contribution in [0.1, 0.15) is 38.5 Å². The minimum atomic E-state index is -0.127. The van der Waals surface area contributed by atoms with Crippen LogP contribution in [-0.2, 0) is 9.59 Å². The van der Waals surface area contributed by atoms with Crippen LogP contribution < -0.4 is 0 Å². The molecule has 2 aliphatic heterocycles. The molecule has 0 N–H and O–H groups in total. The largest absolute Gasteiger partial charge is 0.332 e. The summed E-state index contributed by atoms with van der Waals surface area (Å²) in [7, 11) is 0. The maximum atomic E-state index is 12.2. The van der Waals surface area contributed by atoms with E-state index in [0.29, 0.717) is 6.54 Å². The van der Waals surface area contributed by atoms with Crippen molar-refractivity contribution in [2.75, 3.05) is 19.6 Å². The molecule has 94 valence electrons. The van der Waals surface area contributed by atoms with Gasteiger partial charge in [-0.3, -0.25) is 9.59 Å². The number of carbonyl (C=O) groups excluding carboxylic acids is 2. The van der Waals surface area contributed by atoms with Gasteiger partial charge in [0.15, 0.2) is 0 Å². The molecule has 2 saturated heterocycles. The summed E-state index contributed by atoms with van der Waals surface area (Å²) >= 11 is 0. The van der Waals surface area contributed by atoms with E-state index in [1.807, 2.05) is 0 Å². The summed E-state index contributed by atoms with van der Waals surface area (Å²) < 4.78 is 0. The highest BCUT2D eigenvalue weighted by molar-refractivity contribution is 5.95. The standard InChI is InChI=1S/C13H20N2O2/c16-12-9-14(8-6-10-3-1-4-10)13(17)11-5-2-7-15(11)12/h10-11H,1-9H2. The lowest BCUT2D eigenvalue weighted by Gasteiger charge is -2.37. The fraction of sp³-hybridized carbons (Fsp3) is 0.846. The Morgan fingerprint density at radius 3 is 2.65 bits per heavy atom. The molecule has 0 aromatic rings. The van der Waals surface area contributed by atoms with Crippen LogP contribution in [0, 0.1) is 5.92 Å². The second-order valence-electron chi connectivity index (χ2n) is 5.59. The number of piperazine rings is 1. The van der Waals surface area contributed by atoms with Crippen LogP contribution in [-0.4, -0.2) is 47.3 Å². The van der Waals surface area contributed by atoms with Crippen molar-refractivity contribution >= 4 is 11.8 Å². The Morgan fingerprint density at radius 1 is 1.12 bits per heavy atom. The van der Waals surface area contributed by atoms with E-state index in [-0.39, 0.29) is 17.9 Å². The summed E-state index contributed by atoms with van der Waals surface area (Å²) in [5, 5.41) is 0. The molecule has 0 aromatic carbocycles. The van der Waals surface area contributed by atoms with Gasteiger partial charge >= 0.3 is 0 Å². The van der Waals surface area contributed by atoms with Crippen molar-refractivity contribution in [3.05, 3.63) is 0 Å². The normalized spacial score (nSPS) is 29.5. The maximum absolute atomic E-state index is 12.2. The molecule has 0 radical (unpaired) electrons. The van der Waals surface area contributed by atoms with Crippen LogP contribution in [0.15, 0.2) is 0 Å². The number of nitrogens with zero attached hydrogens (tertiary/aromatic N) is 2. The monoisotopic (exact) mass is 236 g/mol. The zero-order valence-electron chi connectivity index (χ0n) is 10.2. The van der Waals surface area contributed by atoms with Crippen molar-refractivity contribution in [3.63, 3.8) is 0 Å². The van der Waals surface area contributed by atoms with Gasteiger partial charge in [-0.2, -0.15) is 0 Å². The summed E-state index contributed by atoms with van der Waals surface area (Å²) in [6.45, 7) is 1.90. The fourth-order valence-electron chi connectivity index (χ4n) is 3.17. The number of hydrogen-bond acceptors (Lipinski definition) is 2. The molecule has 1 aliphatic carbocycles. The molecule has 1 atom stereocenters. The van der Waals surface area contributed by atoms with Gasteiger partial charge in [0.25, 0.3) is 0 Å². The van der Waals surface area contributed by atoms with E-state index < -0.39 is 0 Å². The van der Waals surface area contributed by atoms with Crippen molar-refractivity contribution in [2.45, 2.75) is 44.6 Å². The van der Waals surface area contributed by atoms with Crippen molar-refractivity contribution in [2.24, 2.45) is 5.92 Å². The van der Waals surface area contributed by atoms with Crippen molar-refractivity contribution < 1.29 is 9.59 Å². The predicted molar refractivity (Wildman–Crippen MR) is 63.3 cm³/mol. The molecule has 2 amide bonds. The third kappa shape index (κ3) is 1.94. The van der Waals surface area contributed by atoms with Gasteiger partial charge in [0.1, 0.15) is 6.04 Å². The van der Waals surface area contributed by atoms with Gasteiger partial charge in [-0.1, -0.05) is 19.3 Å². The van der Waals surface area contributed by atoms with E-state index in [0.717, 1.165) is 38.3 Å². The molecule has 2 heterocycles. The van der Waals surface area contributed by atoms with Crippen LogP contribution >= 0.6 is 0 Å². The first kappa shape index (κ1) is 11.1. The van der Waals surface area contributed by atoms with Crippen LogP contribution in [0.4, 0.5) is 0 Å². The first-order chi connectivity index (χ1) is 8.25. The fourth-order valence-corrected chi connectivity index (χ4v) is 3.17. The topological polar surface area (TPSA) is 40.6 Å². The zero-order chi connectivity index (χ0) is 11.8. The minimum absolute atomic E-state index is 0.127. The smallest absolute Gasteiger partial charge is 0.245 e. The van der Waals surface area contributed by atoms with Crippen LogP contribution in [0.25, 0.3) is 0 Å². The molecule has 3 fully saturated rings. The minimum Gasteiger partial charge on any atom is -0.332 e. The third-order valence-electron chi connectivity index (χ3n) is 4.53. The maximum Gasteiger partial charge on any atom is 0.245 e. The highest BCUT2D eigenvalue weighted by atomic mass is 16.2. The first-order valence-electron chi connectivity index (χ1n) is 6.84. The number of rotatable bonds is 3. The molecule has 3 aliphatic rings. The number of amides is 2. The SMILES string of the molecule is O=C1C2CCCN2C(=O)CN1CCC1CCC1. The number of fused-ring (bicyclic) bond motifs is 1. The van der Waals surface area contributed by atoms with Gasteiger partial charge in [-0.05, 0) is 25.2 Å². The summed E-state index contributed by atoms with van der Waals surface area (Å²) in [5.74, 6) is 1.15. The summed E-state index contributed by atoms with van der Waals surface area (Å²) in [4.78, 5) is 27.7. The Balaban J connectivity index is 1.60. The Kier molecular flexibility index (Phi) is 2.81. The van der Waals surface area contributed by atoms with Crippen LogP contribution in [0.5, 0.6) is 0 Å². The number of hydrogen-bond donors (Lipinski definition) is 0. The zero-order valence-corrected chi connectivity index (χ0v) is 10.2. The van der Waals surface area contributed by atoms with Gasteiger partial charge in [0.05, 0.1) is 6.54 Å². The molecular weight excluding hydrogens is 216 g/mol. The quantitative estimate of drug-likeness (QED) is 0.733. The highest BCUT2D eigenvalue weighted by Gasteiger charge is 2.41. The van der Waals surface area contributed by atoms with Crippen molar-refractivity contribution in [1.29, 1.82) is 0 Å². The Labute approximate surface area is 102 Å². The lowest BCUT2D eigenvalue weighted by Crippen LogP contribution is -2.57. The van der Waals surface area contributed by atoms with Crippen LogP contribution in [0.3, 0.4) is 0 Å². The second-order valence-corrected chi connectivity index (χ2v) is 5.59. The van der Waals surface area contributed by atoms with Gasteiger partial charge in [-0.15, -0.1) is 0 Å². The van der Waals surface area contributed by atoms with E-state index in [9.17, 15) is 9.59 Å². The molecule has 1 saturated carbocycles. The van der Waals surface area contributed by atoms with Gasteiger partial charge < -0.3 is 9.80 Å². The third-order valence-corrected chi connectivity index (χ3v) is 4.53. The lowest BCUT2D eigenvalue weighted by molar-refractivity contribution is -0.153. The Bertz CT molecular complexity index is 338. The predicted octanol–water partition coefficient (Wildman–Crippen LogP) is 1.01. The van der Waals surface area contributed by atoms with Gasteiger partial charge in [0.2, 0.25) is 11.8 Å². The summed E-state index contributed by atoms with van der Waals surface area (Å²) in [6.07, 6.45) is 6.90. The molecule has 0 bridgehead atoms. The second kappa shape index (κ2) is 4.31. The van der Waals surface area contributed by atoms with Crippen LogP contribution in [0.2, 0.25) is 0 Å². The lowest BCUT2D eigenvalue weighted by atomic mass is 9.83. The van der Waals surface area contributed by atoms with E-state index >= 15 is 0 Å². The molecule has 1 unspecified atom stereocenters. The van der Waals surface area contributed by atoms with E-state index in [2.05, 4.69) is 0 Å². The first-order valence-corrected chi connectivity index (χ1v) is 6.84. The summed E-state index contributed by atoms with van der Waals surface area (Å²) in [6, 6.07) is -0.127. The average molecular weight is 236 g/mol. The van der Waals surface area contributed by atoms with Crippen molar-refractivity contribution in [3.8, 4) is 0 Å². The van der Waals surface area contributed by atoms with E-state index in [1.54, 1.807) is 9.80 Å². The molecule has 0 aromatic heterocycles. The molecule has 4 heteroatoms. The van der Waals surface area contributed by atoms with E-state index in [4.69, 9.17) is 0 Å². The average Bonchev–Trinajstić information content (AvgIpc) is 2.72. The Morgan fingerprint density at radius 2 is 1.94 bits per heavy atom. The molecule has 17 heavy (non-hydrogen) atoms. The number of carbonyl (C=O) groups is 2. The summed E-state index contributed by atoms with van der Waals surface area (Å²) in [5.41, 5.74) is 0. The van der Waals surface area contributed by atoms with Gasteiger partial charge in [0, 0.05) is 13.1 Å². The van der Waals surface area contributed by atoms with E-state index in [1.165, 1.54) is 19.3 Å². The highest BCUT2D eigenvalue weighted by Crippen LogP contribution is 2.30. The molecular formula is C13H20N2O2. The Hall–Kier alpha value is -1.06. The van der Waals surface area contributed by atoms with Crippen molar-refractivity contribution in [1.82, 2.24) is 9.80 Å². The molecule has 0 spiro atoms. The molecule has 4 nitrogen and oxygen atoms in total. The molecule has 3 rings (SSSR count). The van der Waals surface area contributed by atoms with Gasteiger partial charge in [-0.25, -0.2) is 0 Å².